The largest absolute Gasteiger partial charge is 0.396 e. The van der Waals surface area contributed by atoms with Crippen molar-refractivity contribution in [3.63, 3.8) is 0 Å². The van der Waals surface area contributed by atoms with Crippen LogP contribution in [0.1, 0.15) is 31.4 Å². The molecule has 0 spiro atoms. The molecule has 0 atom stereocenters. The number of rotatable bonds is 4. The molecule has 0 aromatic carbocycles. The molecule has 1 aliphatic carbocycles. The van der Waals surface area contributed by atoms with Gasteiger partial charge in [0.15, 0.2) is 4.96 Å². The highest BCUT2D eigenvalue weighted by molar-refractivity contribution is 7.15. The van der Waals surface area contributed by atoms with Crippen LogP contribution in [0.3, 0.4) is 0 Å². The number of carbonyl (C=O) groups is 1. The Labute approximate surface area is 121 Å². The minimum absolute atomic E-state index is 0.0446. The average molecular weight is 293 g/mol. The van der Waals surface area contributed by atoms with Crippen molar-refractivity contribution in [1.82, 2.24) is 14.7 Å². The fourth-order valence-corrected chi connectivity index (χ4v) is 3.51. The lowest BCUT2D eigenvalue weighted by Crippen LogP contribution is -2.38. The number of aliphatic hydroxyl groups is 1. The van der Waals surface area contributed by atoms with Gasteiger partial charge in [0, 0.05) is 30.4 Å². The molecule has 2 heterocycles. The standard InChI is InChI=1S/C14H19N3O2S/c18-9-10-1-3-11(4-2-10)15-13(19)7-12-8-17-5-6-20-14(17)16-12/h5-6,8,10-11,18H,1-4,7,9H2,(H,15,19). The fourth-order valence-electron chi connectivity index (χ4n) is 2.79. The van der Waals surface area contributed by atoms with Gasteiger partial charge in [-0.15, -0.1) is 11.3 Å². The summed E-state index contributed by atoms with van der Waals surface area (Å²) in [5.74, 6) is 0.464. The van der Waals surface area contributed by atoms with Gasteiger partial charge in [-0.3, -0.25) is 9.20 Å². The van der Waals surface area contributed by atoms with E-state index in [1.165, 1.54) is 0 Å². The highest BCUT2D eigenvalue weighted by Crippen LogP contribution is 2.23. The summed E-state index contributed by atoms with van der Waals surface area (Å²) in [6.07, 6.45) is 8.14. The van der Waals surface area contributed by atoms with E-state index in [0.717, 1.165) is 36.3 Å². The molecule has 2 aromatic heterocycles. The molecule has 108 valence electrons. The van der Waals surface area contributed by atoms with Gasteiger partial charge in [0.2, 0.25) is 5.91 Å². The van der Waals surface area contributed by atoms with E-state index in [1.54, 1.807) is 11.3 Å². The lowest BCUT2D eigenvalue weighted by molar-refractivity contribution is -0.121. The Hall–Kier alpha value is -1.40. The number of carbonyl (C=O) groups excluding carboxylic acids is 1. The molecule has 0 unspecified atom stereocenters. The third kappa shape index (κ3) is 3.02. The van der Waals surface area contributed by atoms with Crippen LogP contribution in [0.25, 0.3) is 4.96 Å². The topological polar surface area (TPSA) is 66.6 Å². The number of nitrogens with zero attached hydrogens (tertiary/aromatic N) is 2. The van der Waals surface area contributed by atoms with Gasteiger partial charge < -0.3 is 10.4 Å². The van der Waals surface area contributed by atoms with E-state index in [4.69, 9.17) is 5.11 Å². The molecule has 2 N–H and O–H groups in total. The number of imidazole rings is 1. The second-order valence-corrected chi connectivity index (χ2v) is 6.34. The van der Waals surface area contributed by atoms with Crippen molar-refractivity contribution in [3.8, 4) is 0 Å². The van der Waals surface area contributed by atoms with Gasteiger partial charge >= 0.3 is 0 Å². The van der Waals surface area contributed by atoms with E-state index in [2.05, 4.69) is 10.3 Å². The highest BCUT2D eigenvalue weighted by Gasteiger charge is 2.22. The second-order valence-electron chi connectivity index (χ2n) is 5.47. The lowest BCUT2D eigenvalue weighted by Gasteiger charge is -2.27. The predicted octanol–water partition coefficient (Wildman–Crippen LogP) is 1.61. The zero-order chi connectivity index (χ0) is 13.9. The van der Waals surface area contributed by atoms with Crippen LogP contribution in [0, 0.1) is 5.92 Å². The Morgan fingerprint density at radius 2 is 2.25 bits per heavy atom. The maximum atomic E-state index is 12.0. The van der Waals surface area contributed by atoms with Crippen molar-refractivity contribution in [3.05, 3.63) is 23.5 Å². The van der Waals surface area contributed by atoms with E-state index in [0.29, 0.717) is 12.3 Å². The van der Waals surface area contributed by atoms with Gasteiger partial charge in [0.05, 0.1) is 12.1 Å². The van der Waals surface area contributed by atoms with E-state index >= 15 is 0 Å². The van der Waals surface area contributed by atoms with Crippen molar-refractivity contribution in [2.45, 2.75) is 38.1 Å². The number of hydrogen-bond acceptors (Lipinski definition) is 4. The number of nitrogens with one attached hydrogen (secondary N) is 1. The molecule has 0 bridgehead atoms. The summed E-state index contributed by atoms with van der Waals surface area (Å²) in [6.45, 7) is 0.270. The zero-order valence-electron chi connectivity index (χ0n) is 11.3. The maximum Gasteiger partial charge on any atom is 0.226 e. The quantitative estimate of drug-likeness (QED) is 0.900. The number of aliphatic hydroxyl groups excluding tert-OH is 1. The Balaban J connectivity index is 1.51. The molecular weight excluding hydrogens is 274 g/mol. The van der Waals surface area contributed by atoms with Crippen LogP contribution >= 0.6 is 11.3 Å². The van der Waals surface area contributed by atoms with Crippen LogP contribution in [0.15, 0.2) is 17.8 Å². The Bertz CT molecular complexity index is 556. The van der Waals surface area contributed by atoms with Crippen molar-refractivity contribution in [1.29, 1.82) is 0 Å². The number of amides is 1. The van der Waals surface area contributed by atoms with Gasteiger partial charge in [-0.25, -0.2) is 4.98 Å². The van der Waals surface area contributed by atoms with Crippen LogP contribution < -0.4 is 5.32 Å². The first-order valence-electron chi connectivity index (χ1n) is 7.06. The highest BCUT2D eigenvalue weighted by atomic mass is 32.1. The lowest BCUT2D eigenvalue weighted by atomic mass is 9.86. The van der Waals surface area contributed by atoms with Crippen LogP contribution in [-0.4, -0.2) is 33.0 Å². The average Bonchev–Trinajstić information content (AvgIpc) is 3.00. The number of fused-ring (bicyclic) bond motifs is 1. The molecule has 6 heteroatoms. The van der Waals surface area contributed by atoms with E-state index in [-0.39, 0.29) is 18.6 Å². The first kappa shape index (κ1) is 13.6. The third-order valence-corrected chi connectivity index (χ3v) is 4.73. The van der Waals surface area contributed by atoms with Gasteiger partial charge in [0.1, 0.15) is 0 Å². The molecule has 0 radical (unpaired) electrons. The number of aromatic nitrogens is 2. The Morgan fingerprint density at radius 1 is 1.45 bits per heavy atom. The molecule has 3 rings (SSSR count). The molecule has 1 fully saturated rings. The van der Waals surface area contributed by atoms with Gasteiger partial charge in [0.25, 0.3) is 0 Å². The minimum atomic E-state index is 0.0446. The van der Waals surface area contributed by atoms with Gasteiger partial charge in [-0.05, 0) is 31.6 Å². The molecule has 0 saturated heterocycles. The van der Waals surface area contributed by atoms with Crippen LogP contribution in [-0.2, 0) is 11.2 Å². The summed E-state index contributed by atoms with van der Waals surface area (Å²) in [6, 6.07) is 0.258. The predicted molar refractivity (Wildman–Crippen MR) is 77.7 cm³/mol. The first-order chi connectivity index (χ1) is 9.74. The molecule has 1 saturated carbocycles. The van der Waals surface area contributed by atoms with Gasteiger partial charge in [-0.1, -0.05) is 0 Å². The summed E-state index contributed by atoms with van der Waals surface area (Å²) in [7, 11) is 0. The third-order valence-electron chi connectivity index (χ3n) is 3.95. The second kappa shape index (κ2) is 5.93. The molecule has 5 nitrogen and oxygen atoms in total. The van der Waals surface area contributed by atoms with Crippen molar-refractivity contribution >= 4 is 22.2 Å². The van der Waals surface area contributed by atoms with E-state index in [1.807, 2.05) is 22.2 Å². The maximum absolute atomic E-state index is 12.0. The smallest absolute Gasteiger partial charge is 0.226 e. The summed E-state index contributed by atoms with van der Waals surface area (Å²) >= 11 is 1.57. The Morgan fingerprint density at radius 3 is 2.95 bits per heavy atom. The molecule has 1 aliphatic rings. The summed E-state index contributed by atoms with van der Waals surface area (Å²) in [4.78, 5) is 17.4. The minimum Gasteiger partial charge on any atom is -0.396 e. The summed E-state index contributed by atoms with van der Waals surface area (Å²) in [5, 5.41) is 14.2. The van der Waals surface area contributed by atoms with E-state index in [9.17, 15) is 4.79 Å². The van der Waals surface area contributed by atoms with Gasteiger partial charge in [-0.2, -0.15) is 0 Å². The van der Waals surface area contributed by atoms with Crippen molar-refractivity contribution < 1.29 is 9.90 Å². The first-order valence-corrected chi connectivity index (χ1v) is 7.94. The van der Waals surface area contributed by atoms with Crippen LogP contribution in [0.5, 0.6) is 0 Å². The zero-order valence-corrected chi connectivity index (χ0v) is 12.1. The Kier molecular flexibility index (Phi) is 4.03. The van der Waals surface area contributed by atoms with E-state index < -0.39 is 0 Å². The number of thiazole rings is 1. The molecule has 2 aromatic rings. The monoisotopic (exact) mass is 293 g/mol. The normalized spacial score (nSPS) is 23.1. The van der Waals surface area contributed by atoms with Crippen molar-refractivity contribution in [2.24, 2.45) is 5.92 Å². The van der Waals surface area contributed by atoms with Crippen LogP contribution in [0.4, 0.5) is 0 Å². The summed E-state index contributed by atoms with van der Waals surface area (Å²) < 4.78 is 1.94. The van der Waals surface area contributed by atoms with Crippen molar-refractivity contribution in [2.75, 3.05) is 6.61 Å². The number of hydrogen-bond donors (Lipinski definition) is 2. The summed E-state index contributed by atoms with van der Waals surface area (Å²) in [5.41, 5.74) is 0.818. The molecule has 1 amide bonds. The fraction of sp³-hybridized carbons (Fsp3) is 0.571. The van der Waals surface area contributed by atoms with Crippen LogP contribution in [0.2, 0.25) is 0 Å². The molecular formula is C14H19N3O2S. The molecule has 20 heavy (non-hydrogen) atoms. The SMILES string of the molecule is O=C(Cc1cn2ccsc2n1)NC1CCC(CO)CC1. The molecule has 0 aliphatic heterocycles.